The molecule has 0 atom stereocenters. The van der Waals surface area contributed by atoms with Crippen LogP contribution in [0.5, 0.6) is 0 Å². The van der Waals surface area contributed by atoms with Gasteiger partial charge in [0.1, 0.15) is 5.04 Å². The predicted octanol–water partition coefficient (Wildman–Crippen LogP) is 7.58. The Morgan fingerprint density at radius 1 is 0.760 bits per heavy atom. The maximum Gasteiger partial charge on any atom is 0.102 e. The van der Waals surface area contributed by atoms with Gasteiger partial charge in [0.25, 0.3) is 0 Å². The van der Waals surface area contributed by atoms with E-state index in [0.29, 0.717) is 0 Å². The molecular weight excluding hydrogens is 410 g/mol. The lowest BCUT2D eigenvalue weighted by atomic mass is 10.3. The van der Waals surface area contributed by atoms with Gasteiger partial charge >= 0.3 is 0 Å². The second-order valence-corrected chi connectivity index (χ2v) is 8.06. The van der Waals surface area contributed by atoms with E-state index in [1.165, 1.54) is 4.90 Å². The molecule has 0 aliphatic carbocycles. The number of nitrogens with zero attached hydrogens (tertiary/aromatic N) is 1. The number of aliphatic imine (C=N–C) groups is 1. The van der Waals surface area contributed by atoms with E-state index in [2.05, 4.69) is 51.7 Å². The van der Waals surface area contributed by atoms with Crippen molar-refractivity contribution in [2.24, 2.45) is 4.99 Å². The monoisotopic (exact) mass is 425 g/mol. The van der Waals surface area contributed by atoms with Crippen molar-refractivity contribution in [2.45, 2.75) is 9.79 Å². The zero-order chi connectivity index (χ0) is 17.3. The zero-order valence-corrected chi connectivity index (χ0v) is 16.6. The van der Waals surface area contributed by atoms with Crippen LogP contribution >= 0.6 is 39.5 Å². The van der Waals surface area contributed by atoms with E-state index >= 15 is 0 Å². The number of hydrogen-bond donors (Lipinski definition) is 0. The van der Waals surface area contributed by atoms with Crippen LogP contribution in [0.3, 0.4) is 0 Å². The Balaban J connectivity index is 1.78. The minimum absolute atomic E-state index is 0.955. The maximum atomic E-state index is 4.78. The first-order chi connectivity index (χ1) is 12.3. The van der Waals surface area contributed by atoms with E-state index < -0.39 is 0 Å². The van der Waals surface area contributed by atoms with Crippen molar-refractivity contribution < 1.29 is 0 Å². The molecule has 0 saturated heterocycles. The summed E-state index contributed by atoms with van der Waals surface area (Å²) in [5, 5.41) is 3.04. The first kappa shape index (κ1) is 18.1. The van der Waals surface area contributed by atoms with Crippen LogP contribution in [-0.4, -0.2) is 5.04 Å². The second-order valence-electron chi connectivity index (χ2n) is 5.08. The second kappa shape index (κ2) is 9.66. The van der Waals surface area contributed by atoms with Crippen LogP contribution < -0.4 is 0 Å². The van der Waals surface area contributed by atoms with Crippen LogP contribution in [0.15, 0.2) is 116 Å². The number of benzene rings is 3. The lowest BCUT2D eigenvalue weighted by molar-refractivity contribution is 1.45. The van der Waals surface area contributed by atoms with Crippen molar-refractivity contribution in [1.29, 1.82) is 0 Å². The molecular formula is C21H16BrNS2. The summed E-state index contributed by atoms with van der Waals surface area (Å²) in [6.45, 7) is 0. The molecule has 3 aromatic rings. The molecule has 0 saturated carbocycles. The van der Waals surface area contributed by atoms with Gasteiger partial charge in [-0.2, -0.15) is 0 Å². The van der Waals surface area contributed by atoms with E-state index in [1.807, 2.05) is 60.7 Å². The van der Waals surface area contributed by atoms with Crippen LogP contribution in [0.1, 0.15) is 0 Å². The summed E-state index contributed by atoms with van der Waals surface area (Å²) >= 11 is 6.82. The molecule has 0 radical (unpaired) electrons. The summed E-state index contributed by atoms with van der Waals surface area (Å²) in [6, 6.07) is 28.6. The van der Waals surface area contributed by atoms with Crippen LogP contribution in [0.4, 0.5) is 5.69 Å². The first-order valence-corrected chi connectivity index (χ1v) is 10.2. The smallest absolute Gasteiger partial charge is 0.102 e. The molecule has 4 heteroatoms. The maximum absolute atomic E-state index is 4.78. The van der Waals surface area contributed by atoms with E-state index in [-0.39, 0.29) is 0 Å². The van der Waals surface area contributed by atoms with Crippen molar-refractivity contribution in [2.75, 3.05) is 0 Å². The molecule has 124 valence electrons. The van der Waals surface area contributed by atoms with Gasteiger partial charge in [-0.3, -0.25) is 0 Å². The molecule has 0 aromatic heterocycles. The minimum Gasteiger partial charge on any atom is -0.242 e. The lowest BCUT2D eigenvalue weighted by Gasteiger charge is -2.03. The molecule has 0 bridgehead atoms. The summed E-state index contributed by atoms with van der Waals surface area (Å²) in [7, 11) is 0. The third-order valence-electron chi connectivity index (χ3n) is 3.19. The Morgan fingerprint density at radius 2 is 1.40 bits per heavy atom. The summed E-state index contributed by atoms with van der Waals surface area (Å²) < 4.78 is 1.08. The van der Waals surface area contributed by atoms with Gasteiger partial charge in [0.15, 0.2) is 0 Å². The van der Waals surface area contributed by atoms with Crippen molar-refractivity contribution in [3.8, 4) is 0 Å². The van der Waals surface area contributed by atoms with Crippen LogP contribution in [0, 0.1) is 0 Å². The third-order valence-corrected chi connectivity index (χ3v) is 5.48. The van der Waals surface area contributed by atoms with Gasteiger partial charge in [0.05, 0.1) is 5.69 Å². The van der Waals surface area contributed by atoms with Crippen molar-refractivity contribution in [3.63, 3.8) is 0 Å². The molecule has 3 rings (SSSR count). The molecule has 0 N–H and O–H groups in total. The lowest BCUT2D eigenvalue weighted by Crippen LogP contribution is -1.86. The highest BCUT2D eigenvalue weighted by molar-refractivity contribution is 9.10. The predicted molar refractivity (Wildman–Crippen MR) is 115 cm³/mol. The summed E-state index contributed by atoms with van der Waals surface area (Å²) in [5.41, 5.74) is 0.955. The molecule has 1 nitrogen and oxygen atoms in total. The number of halogens is 1. The number of rotatable bonds is 5. The Bertz CT molecular complexity index is 844. The van der Waals surface area contributed by atoms with Gasteiger partial charge < -0.3 is 0 Å². The van der Waals surface area contributed by atoms with Crippen LogP contribution in [0.25, 0.3) is 0 Å². The van der Waals surface area contributed by atoms with Gasteiger partial charge in [-0.25, -0.2) is 4.99 Å². The summed E-state index contributed by atoms with van der Waals surface area (Å²) in [4.78, 5) is 7.15. The normalized spacial score (nSPS) is 11.8. The Labute approximate surface area is 165 Å². The van der Waals surface area contributed by atoms with Crippen LogP contribution in [-0.2, 0) is 0 Å². The van der Waals surface area contributed by atoms with Gasteiger partial charge in [0, 0.05) is 14.3 Å². The Hall–Kier alpha value is -1.75. The van der Waals surface area contributed by atoms with Gasteiger partial charge in [-0.05, 0) is 60.0 Å². The molecule has 0 aliphatic rings. The summed E-state index contributed by atoms with van der Waals surface area (Å²) in [6.07, 6.45) is 2.07. The fourth-order valence-corrected chi connectivity index (χ4v) is 3.84. The van der Waals surface area contributed by atoms with Crippen molar-refractivity contribution >= 4 is 50.2 Å². The van der Waals surface area contributed by atoms with E-state index in [4.69, 9.17) is 4.99 Å². The Morgan fingerprint density at radius 3 is 2.08 bits per heavy atom. The highest BCUT2D eigenvalue weighted by Crippen LogP contribution is 2.26. The minimum atomic E-state index is 0.955. The highest BCUT2D eigenvalue weighted by Gasteiger charge is 2.01. The largest absolute Gasteiger partial charge is 0.242 e. The van der Waals surface area contributed by atoms with E-state index in [0.717, 1.165) is 20.1 Å². The highest BCUT2D eigenvalue weighted by atomic mass is 79.9. The van der Waals surface area contributed by atoms with Crippen LogP contribution in [0.2, 0.25) is 0 Å². The molecule has 0 unspecified atom stereocenters. The standard InChI is InChI=1S/C21H16BrNS2/c22-17-11-13-20(14-12-17)25-21(23-18-7-3-1-4-8-18)15-16-24-19-9-5-2-6-10-19/h1-16H. The molecule has 3 aromatic carbocycles. The topological polar surface area (TPSA) is 12.4 Å². The van der Waals surface area contributed by atoms with E-state index in [9.17, 15) is 0 Å². The molecule has 0 spiro atoms. The molecule has 25 heavy (non-hydrogen) atoms. The Kier molecular flexibility index (Phi) is 6.98. The average Bonchev–Trinajstić information content (AvgIpc) is 2.65. The molecule has 0 fully saturated rings. The third kappa shape index (κ3) is 6.24. The number of hydrogen-bond acceptors (Lipinski definition) is 3. The fourth-order valence-electron chi connectivity index (χ4n) is 2.02. The van der Waals surface area contributed by atoms with E-state index in [1.54, 1.807) is 23.5 Å². The zero-order valence-electron chi connectivity index (χ0n) is 13.4. The molecule has 0 amide bonds. The average molecular weight is 426 g/mol. The number of thioether (sulfide) groups is 2. The van der Waals surface area contributed by atoms with Gasteiger partial charge in [-0.15, -0.1) is 0 Å². The molecule has 0 heterocycles. The fraction of sp³-hybridized carbons (Fsp3) is 0. The van der Waals surface area contributed by atoms with Crippen molar-refractivity contribution in [3.05, 3.63) is 101 Å². The number of para-hydroxylation sites is 1. The summed E-state index contributed by atoms with van der Waals surface area (Å²) in [5.74, 6) is 0. The quantitative estimate of drug-likeness (QED) is 0.237. The van der Waals surface area contributed by atoms with Crippen molar-refractivity contribution in [1.82, 2.24) is 0 Å². The first-order valence-electron chi connectivity index (χ1n) is 7.75. The van der Waals surface area contributed by atoms with Gasteiger partial charge in [-0.1, -0.05) is 75.9 Å². The molecule has 0 aliphatic heterocycles. The van der Waals surface area contributed by atoms with Gasteiger partial charge in [0.2, 0.25) is 0 Å². The SMILES string of the molecule is Brc1ccc(SC(C=CSc2ccccc2)=Nc2ccccc2)cc1.